The molecular formula is C21H24ClNO4S. The highest BCUT2D eigenvalue weighted by molar-refractivity contribution is 7.89. The number of rotatable bonds is 4. The molecule has 0 aliphatic carbocycles. The Morgan fingerprint density at radius 2 is 1.64 bits per heavy atom. The van der Waals surface area contributed by atoms with Crippen molar-refractivity contribution in [1.29, 1.82) is 0 Å². The van der Waals surface area contributed by atoms with Crippen molar-refractivity contribution in [3.8, 4) is 5.75 Å². The summed E-state index contributed by atoms with van der Waals surface area (Å²) in [5.74, 6) is -0.192. The van der Waals surface area contributed by atoms with Crippen LogP contribution >= 0.6 is 11.6 Å². The predicted octanol–water partition coefficient (Wildman–Crippen LogP) is 4.66. The Bertz CT molecular complexity index is 1010. The Morgan fingerprint density at radius 1 is 1.00 bits per heavy atom. The van der Waals surface area contributed by atoms with Gasteiger partial charge in [-0.25, -0.2) is 13.2 Å². The molecule has 1 saturated heterocycles. The van der Waals surface area contributed by atoms with Crippen LogP contribution in [-0.2, 0) is 10.0 Å². The number of benzene rings is 2. The zero-order valence-electron chi connectivity index (χ0n) is 16.3. The van der Waals surface area contributed by atoms with Crippen LogP contribution in [0, 0.1) is 20.8 Å². The molecule has 0 spiro atoms. The summed E-state index contributed by atoms with van der Waals surface area (Å²) in [6.07, 6.45) is 2.71. The number of piperidine rings is 1. The monoisotopic (exact) mass is 421 g/mol. The zero-order chi connectivity index (χ0) is 20.5. The van der Waals surface area contributed by atoms with Gasteiger partial charge < -0.3 is 4.74 Å². The summed E-state index contributed by atoms with van der Waals surface area (Å²) in [6, 6.07) is 8.02. The number of sulfonamides is 1. The number of carbonyl (C=O) groups is 1. The largest absolute Gasteiger partial charge is 0.422 e. The van der Waals surface area contributed by atoms with Gasteiger partial charge in [0, 0.05) is 13.1 Å². The average Bonchev–Trinajstić information content (AvgIpc) is 2.69. The Balaban J connectivity index is 1.94. The summed E-state index contributed by atoms with van der Waals surface area (Å²) in [7, 11) is -3.66. The molecule has 0 atom stereocenters. The molecule has 0 unspecified atom stereocenters. The first-order valence-corrected chi connectivity index (χ1v) is 11.1. The number of halogens is 1. The summed E-state index contributed by atoms with van der Waals surface area (Å²) >= 11 is 6.19. The van der Waals surface area contributed by atoms with E-state index in [2.05, 4.69) is 0 Å². The van der Waals surface area contributed by atoms with Crippen LogP contribution in [0.3, 0.4) is 0 Å². The molecule has 3 rings (SSSR count). The van der Waals surface area contributed by atoms with E-state index in [0.717, 1.165) is 36.0 Å². The lowest BCUT2D eigenvalue weighted by atomic mass is 10.1. The summed E-state index contributed by atoms with van der Waals surface area (Å²) in [5, 5.41) is 0.158. The number of carbonyl (C=O) groups excluding carboxylic acids is 1. The van der Waals surface area contributed by atoms with Crippen LogP contribution in [0.15, 0.2) is 35.2 Å². The highest BCUT2D eigenvalue weighted by Gasteiger charge is 2.28. The van der Waals surface area contributed by atoms with E-state index in [-0.39, 0.29) is 15.5 Å². The molecular weight excluding hydrogens is 398 g/mol. The second-order valence-corrected chi connectivity index (χ2v) is 9.49. The standard InChI is InChI=1S/C21H24ClNO4S/c1-14-7-8-15(2)20(16(14)3)27-21(24)18-13-17(9-10-19(18)22)28(25,26)23-11-5-4-6-12-23/h7-10,13H,4-6,11-12H2,1-3H3. The number of aryl methyl sites for hydroxylation is 2. The SMILES string of the molecule is Cc1ccc(C)c(OC(=O)c2cc(S(=O)(=O)N3CCCCC3)ccc2Cl)c1C. The Kier molecular flexibility index (Phi) is 6.12. The van der Waals surface area contributed by atoms with Crippen molar-refractivity contribution in [2.24, 2.45) is 0 Å². The van der Waals surface area contributed by atoms with Crippen molar-refractivity contribution in [3.05, 3.63) is 57.6 Å². The maximum absolute atomic E-state index is 12.9. The molecule has 7 heteroatoms. The molecule has 28 heavy (non-hydrogen) atoms. The van der Waals surface area contributed by atoms with E-state index in [1.807, 2.05) is 32.9 Å². The van der Waals surface area contributed by atoms with Crippen molar-refractivity contribution in [3.63, 3.8) is 0 Å². The summed E-state index contributed by atoms with van der Waals surface area (Å²) < 4.78 is 32.9. The van der Waals surface area contributed by atoms with Gasteiger partial charge in [0.1, 0.15) is 5.75 Å². The predicted molar refractivity (Wildman–Crippen MR) is 110 cm³/mol. The molecule has 1 fully saturated rings. The minimum absolute atomic E-state index is 0.0417. The van der Waals surface area contributed by atoms with Gasteiger partial charge in [0.25, 0.3) is 0 Å². The molecule has 0 saturated carbocycles. The first-order valence-electron chi connectivity index (χ1n) is 9.30. The van der Waals surface area contributed by atoms with E-state index in [1.54, 1.807) is 0 Å². The highest BCUT2D eigenvalue weighted by atomic mass is 35.5. The van der Waals surface area contributed by atoms with Crippen molar-refractivity contribution >= 4 is 27.6 Å². The highest BCUT2D eigenvalue weighted by Crippen LogP contribution is 2.29. The molecule has 0 N–H and O–H groups in total. The molecule has 0 bridgehead atoms. The van der Waals surface area contributed by atoms with Crippen LogP contribution in [0.5, 0.6) is 5.75 Å². The minimum atomic E-state index is -3.66. The average molecular weight is 422 g/mol. The second kappa shape index (κ2) is 8.23. The number of ether oxygens (including phenoxy) is 1. The van der Waals surface area contributed by atoms with Gasteiger partial charge >= 0.3 is 5.97 Å². The third-order valence-electron chi connectivity index (χ3n) is 5.18. The van der Waals surface area contributed by atoms with E-state index < -0.39 is 16.0 Å². The summed E-state index contributed by atoms with van der Waals surface area (Å²) in [5.41, 5.74) is 2.73. The quantitative estimate of drug-likeness (QED) is 0.532. The smallest absolute Gasteiger partial charge is 0.345 e. The molecule has 5 nitrogen and oxygen atoms in total. The Labute approximate surface area is 171 Å². The van der Waals surface area contributed by atoms with Gasteiger partial charge in [0.15, 0.2) is 0 Å². The molecule has 0 radical (unpaired) electrons. The summed E-state index contributed by atoms with van der Waals surface area (Å²) in [6.45, 7) is 6.65. The van der Waals surface area contributed by atoms with Gasteiger partial charge in [-0.3, -0.25) is 0 Å². The normalized spacial score (nSPS) is 15.4. The number of hydrogen-bond acceptors (Lipinski definition) is 4. The van der Waals surface area contributed by atoms with E-state index in [0.29, 0.717) is 18.8 Å². The molecule has 150 valence electrons. The molecule has 1 aliphatic heterocycles. The Morgan fingerprint density at radius 3 is 2.32 bits per heavy atom. The third kappa shape index (κ3) is 4.09. The topological polar surface area (TPSA) is 63.7 Å². The van der Waals surface area contributed by atoms with Crippen LogP contribution in [0.1, 0.15) is 46.3 Å². The van der Waals surface area contributed by atoms with Crippen molar-refractivity contribution in [1.82, 2.24) is 4.31 Å². The van der Waals surface area contributed by atoms with Crippen LogP contribution in [0.25, 0.3) is 0 Å². The van der Waals surface area contributed by atoms with Gasteiger partial charge in [0.05, 0.1) is 15.5 Å². The Hall–Kier alpha value is -1.89. The summed E-state index contributed by atoms with van der Waals surface area (Å²) in [4.78, 5) is 12.8. The van der Waals surface area contributed by atoms with E-state index in [4.69, 9.17) is 16.3 Å². The second-order valence-electron chi connectivity index (χ2n) is 7.15. The number of nitrogens with zero attached hydrogens (tertiary/aromatic N) is 1. The lowest BCUT2D eigenvalue weighted by Gasteiger charge is -2.26. The maximum atomic E-state index is 12.9. The van der Waals surface area contributed by atoms with Gasteiger partial charge in [0.2, 0.25) is 10.0 Å². The van der Waals surface area contributed by atoms with Crippen molar-refractivity contribution in [2.45, 2.75) is 44.9 Å². The lowest BCUT2D eigenvalue weighted by molar-refractivity contribution is 0.0732. The van der Waals surface area contributed by atoms with Gasteiger partial charge in [-0.1, -0.05) is 30.2 Å². The number of esters is 1. The number of hydrogen-bond donors (Lipinski definition) is 0. The van der Waals surface area contributed by atoms with Gasteiger partial charge in [-0.2, -0.15) is 4.31 Å². The fourth-order valence-corrected chi connectivity index (χ4v) is 5.04. The zero-order valence-corrected chi connectivity index (χ0v) is 17.9. The van der Waals surface area contributed by atoms with Crippen molar-refractivity contribution in [2.75, 3.05) is 13.1 Å². The fourth-order valence-electron chi connectivity index (χ4n) is 3.31. The molecule has 1 heterocycles. The lowest BCUT2D eigenvalue weighted by Crippen LogP contribution is -2.35. The first-order chi connectivity index (χ1) is 13.2. The van der Waals surface area contributed by atoms with Crippen LogP contribution in [0.4, 0.5) is 0 Å². The molecule has 2 aromatic carbocycles. The van der Waals surface area contributed by atoms with Crippen LogP contribution < -0.4 is 4.74 Å². The first kappa shape index (κ1) is 20.8. The molecule has 2 aromatic rings. The molecule has 1 aliphatic rings. The van der Waals surface area contributed by atoms with Gasteiger partial charge in [-0.05, 0) is 68.5 Å². The van der Waals surface area contributed by atoms with E-state index in [9.17, 15) is 13.2 Å². The molecule has 0 amide bonds. The fraction of sp³-hybridized carbons (Fsp3) is 0.381. The van der Waals surface area contributed by atoms with E-state index >= 15 is 0 Å². The van der Waals surface area contributed by atoms with Crippen LogP contribution in [-0.4, -0.2) is 31.8 Å². The third-order valence-corrected chi connectivity index (χ3v) is 7.40. The minimum Gasteiger partial charge on any atom is -0.422 e. The molecule has 0 aromatic heterocycles. The van der Waals surface area contributed by atoms with E-state index in [1.165, 1.54) is 22.5 Å². The van der Waals surface area contributed by atoms with Crippen LogP contribution in [0.2, 0.25) is 5.02 Å². The maximum Gasteiger partial charge on any atom is 0.345 e. The van der Waals surface area contributed by atoms with Gasteiger partial charge in [-0.15, -0.1) is 0 Å². The van der Waals surface area contributed by atoms with Crippen molar-refractivity contribution < 1.29 is 17.9 Å².